The summed E-state index contributed by atoms with van der Waals surface area (Å²) in [6.07, 6.45) is 6.16. The zero-order chi connectivity index (χ0) is 16.1. The topological polar surface area (TPSA) is 48.5 Å². The third-order valence-electron chi connectivity index (χ3n) is 5.06. The van der Waals surface area contributed by atoms with Gasteiger partial charge < -0.3 is 15.1 Å². The van der Waals surface area contributed by atoms with Gasteiger partial charge in [-0.05, 0) is 50.9 Å². The van der Waals surface area contributed by atoms with Crippen molar-refractivity contribution >= 4 is 11.7 Å². The number of nitrogens with zero attached hydrogens (tertiary/aromatic N) is 3. The summed E-state index contributed by atoms with van der Waals surface area (Å²) in [6, 6.07) is 6.29. The maximum Gasteiger partial charge on any atom is 0.225 e. The molecule has 2 aliphatic rings. The Kier molecular flexibility index (Phi) is 5.49. The van der Waals surface area contributed by atoms with Gasteiger partial charge in [0.1, 0.15) is 5.82 Å². The molecule has 23 heavy (non-hydrogen) atoms. The molecule has 0 unspecified atom stereocenters. The zero-order valence-corrected chi connectivity index (χ0v) is 14.1. The summed E-state index contributed by atoms with van der Waals surface area (Å²) in [4.78, 5) is 21.8. The van der Waals surface area contributed by atoms with Gasteiger partial charge in [-0.2, -0.15) is 0 Å². The minimum Gasteiger partial charge on any atom is -0.356 e. The van der Waals surface area contributed by atoms with Gasteiger partial charge in [0, 0.05) is 31.9 Å². The number of anilines is 1. The molecule has 5 nitrogen and oxygen atoms in total. The smallest absolute Gasteiger partial charge is 0.225 e. The Hall–Kier alpha value is -1.62. The van der Waals surface area contributed by atoms with E-state index in [1.54, 1.807) is 0 Å². The van der Waals surface area contributed by atoms with Crippen LogP contribution in [0.4, 0.5) is 5.82 Å². The molecule has 2 atom stereocenters. The lowest BCUT2D eigenvalue weighted by Gasteiger charge is -2.36. The van der Waals surface area contributed by atoms with Crippen LogP contribution >= 0.6 is 0 Å². The summed E-state index contributed by atoms with van der Waals surface area (Å²) < 4.78 is 0. The van der Waals surface area contributed by atoms with Crippen LogP contribution in [-0.2, 0) is 4.79 Å². The number of hydrogen-bond donors (Lipinski definition) is 1. The molecule has 1 amide bonds. The molecule has 0 aromatic carbocycles. The van der Waals surface area contributed by atoms with Gasteiger partial charge in [0.05, 0.1) is 5.92 Å². The van der Waals surface area contributed by atoms with Gasteiger partial charge in [-0.1, -0.05) is 13.0 Å². The molecule has 0 aliphatic carbocycles. The quantitative estimate of drug-likeness (QED) is 0.922. The number of piperidine rings is 2. The Morgan fingerprint density at radius 2 is 2.13 bits per heavy atom. The molecule has 1 aromatic rings. The fourth-order valence-electron chi connectivity index (χ4n) is 3.72. The molecule has 2 saturated heterocycles. The van der Waals surface area contributed by atoms with Gasteiger partial charge in [-0.3, -0.25) is 4.79 Å². The summed E-state index contributed by atoms with van der Waals surface area (Å²) in [7, 11) is 0. The van der Waals surface area contributed by atoms with E-state index in [0.717, 1.165) is 51.3 Å². The Bertz CT molecular complexity index is 507. The van der Waals surface area contributed by atoms with E-state index in [0.29, 0.717) is 6.04 Å². The number of hydrogen-bond acceptors (Lipinski definition) is 4. The number of likely N-dealkylation sites (tertiary alicyclic amines) is 1. The number of pyridine rings is 1. The Morgan fingerprint density at radius 1 is 1.26 bits per heavy atom. The van der Waals surface area contributed by atoms with Crippen LogP contribution in [0.15, 0.2) is 24.4 Å². The molecule has 1 N–H and O–H groups in total. The molecule has 5 heteroatoms. The molecule has 2 aliphatic heterocycles. The summed E-state index contributed by atoms with van der Waals surface area (Å²) in [6.45, 7) is 7.21. The van der Waals surface area contributed by atoms with Crippen LogP contribution in [0.3, 0.4) is 0 Å². The van der Waals surface area contributed by atoms with Crippen molar-refractivity contribution in [2.75, 3.05) is 37.6 Å². The average Bonchev–Trinajstić information content (AvgIpc) is 2.63. The first-order valence-corrected chi connectivity index (χ1v) is 8.95. The Morgan fingerprint density at radius 3 is 2.91 bits per heavy atom. The van der Waals surface area contributed by atoms with E-state index in [1.807, 2.05) is 24.4 Å². The lowest BCUT2D eigenvalue weighted by atomic mass is 9.96. The second kappa shape index (κ2) is 7.77. The minimum absolute atomic E-state index is 0.0859. The van der Waals surface area contributed by atoms with E-state index in [9.17, 15) is 4.79 Å². The molecule has 2 fully saturated rings. The van der Waals surface area contributed by atoms with E-state index in [-0.39, 0.29) is 11.8 Å². The van der Waals surface area contributed by atoms with Crippen LogP contribution in [0.5, 0.6) is 0 Å². The first kappa shape index (κ1) is 16.2. The van der Waals surface area contributed by atoms with Gasteiger partial charge in [0.25, 0.3) is 0 Å². The van der Waals surface area contributed by atoms with Gasteiger partial charge >= 0.3 is 0 Å². The first-order chi connectivity index (χ1) is 11.3. The molecule has 0 saturated carbocycles. The summed E-state index contributed by atoms with van der Waals surface area (Å²) >= 11 is 0. The molecule has 3 rings (SSSR count). The predicted octanol–water partition coefficient (Wildman–Crippen LogP) is 1.90. The average molecular weight is 316 g/mol. The van der Waals surface area contributed by atoms with Gasteiger partial charge in [-0.15, -0.1) is 0 Å². The summed E-state index contributed by atoms with van der Waals surface area (Å²) in [5.41, 5.74) is 0. The second-order valence-corrected chi connectivity index (χ2v) is 6.71. The van der Waals surface area contributed by atoms with Crippen molar-refractivity contribution in [2.45, 2.75) is 38.6 Å². The fraction of sp³-hybridized carbons (Fsp3) is 0.667. The SMILES string of the molecule is CCN1CCC[C@@H](NC(=O)[C@H]2CCCN(c3ccccn3)C2)C1. The van der Waals surface area contributed by atoms with Crippen LogP contribution in [0.1, 0.15) is 32.6 Å². The van der Waals surface area contributed by atoms with Crippen molar-refractivity contribution < 1.29 is 4.79 Å². The highest BCUT2D eigenvalue weighted by Crippen LogP contribution is 2.22. The van der Waals surface area contributed by atoms with Crippen molar-refractivity contribution in [1.29, 1.82) is 0 Å². The number of likely N-dealkylation sites (N-methyl/N-ethyl adjacent to an activating group) is 1. The number of amides is 1. The Balaban J connectivity index is 1.55. The number of aromatic nitrogens is 1. The Labute approximate surface area is 139 Å². The fourth-order valence-corrected chi connectivity index (χ4v) is 3.72. The maximum absolute atomic E-state index is 12.7. The highest BCUT2D eigenvalue weighted by Gasteiger charge is 2.29. The summed E-state index contributed by atoms with van der Waals surface area (Å²) in [5, 5.41) is 3.30. The minimum atomic E-state index is 0.0859. The number of rotatable bonds is 4. The van der Waals surface area contributed by atoms with E-state index in [1.165, 1.54) is 13.0 Å². The van der Waals surface area contributed by atoms with E-state index < -0.39 is 0 Å². The molecule has 0 bridgehead atoms. The predicted molar refractivity (Wildman–Crippen MR) is 92.5 cm³/mol. The van der Waals surface area contributed by atoms with Gasteiger partial charge in [0.15, 0.2) is 0 Å². The molecule has 126 valence electrons. The lowest BCUT2D eigenvalue weighted by molar-refractivity contribution is -0.126. The lowest BCUT2D eigenvalue weighted by Crippen LogP contribution is -2.51. The number of carbonyl (C=O) groups is 1. The normalized spacial score (nSPS) is 26.0. The van der Waals surface area contributed by atoms with E-state index in [4.69, 9.17) is 0 Å². The third kappa shape index (κ3) is 4.22. The molecule has 0 radical (unpaired) electrons. The number of carbonyl (C=O) groups excluding carboxylic acids is 1. The van der Waals surface area contributed by atoms with E-state index >= 15 is 0 Å². The molecular weight excluding hydrogens is 288 g/mol. The van der Waals surface area contributed by atoms with Crippen LogP contribution < -0.4 is 10.2 Å². The van der Waals surface area contributed by atoms with Crippen LogP contribution in [-0.4, -0.2) is 54.6 Å². The van der Waals surface area contributed by atoms with Gasteiger partial charge in [0.2, 0.25) is 5.91 Å². The molecular formula is C18H28N4O. The highest BCUT2D eigenvalue weighted by atomic mass is 16.2. The van der Waals surface area contributed by atoms with Crippen LogP contribution in [0.2, 0.25) is 0 Å². The van der Waals surface area contributed by atoms with Crippen molar-refractivity contribution in [3.63, 3.8) is 0 Å². The number of nitrogens with one attached hydrogen (secondary N) is 1. The van der Waals surface area contributed by atoms with Gasteiger partial charge in [-0.25, -0.2) is 4.98 Å². The highest BCUT2D eigenvalue weighted by molar-refractivity contribution is 5.79. The largest absolute Gasteiger partial charge is 0.356 e. The summed E-state index contributed by atoms with van der Waals surface area (Å²) in [5.74, 6) is 1.30. The van der Waals surface area contributed by atoms with Crippen molar-refractivity contribution in [1.82, 2.24) is 15.2 Å². The monoisotopic (exact) mass is 316 g/mol. The molecule has 0 spiro atoms. The standard InChI is InChI=1S/C18H28N4O/c1-2-21-11-6-8-16(14-21)20-18(23)15-7-5-12-22(13-15)17-9-3-4-10-19-17/h3-4,9-10,15-16H,2,5-8,11-14H2,1H3,(H,20,23)/t15-,16+/m0/s1. The molecule has 1 aromatic heterocycles. The van der Waals surface area contributed by atoms with Crippen LogP contribution in [0, 0.1) is 5.92 Å². The molecule has 3 heterocycles. The van der Waals surface area contributed by atoms with Crippen molar-refractivity contribution in [2.24, 2.45) is 5.92 Å². The first-order valence-electron chi connectivity index (χ1n) is 8.95. The maximum atomic E-state index is 12.7. The van der Waals surface area contributed by atoms with Crippen molar-refractivity contribution in [3.05, 3.63) is 24.4 Å². The van der Waals surface area contributed by atoms with Crippen molar-refractivity contribution in [3.8, 4) is 0 Å². The van der Waals surface area contributed by atoms with E-state index in [2.05, 4.69) is 27.0 Å². The zero-order valence-electron chi connectivity index (χ0n) is 14.1. The van der Waals surface area contributed by atoms with Crippen LogP contribution in [0.25, 0.3) is 0 Å². The second-order valence-electron chi connectivity index (χ2n) is 6.71. The third-order valence-corrected chi connectivity index (χ3v) is 5.06.